The number of hydrogen-bond donors (Lipinski definition) is 1. The average Bonchev–Trinajstić information content (AvgIpc) is 3.05. The summed E-state index contributed by atoms with van der Waals surface area (Å²) in [5.41, 5.74) is 2.63. The molecule has 2 aromatic rings. The predicted octanol–water partition coefficient (Wildman–Crippen LogP) is 3.14. The zero-order valence-corrected chi connectivity index (χ0v) is 16.9. The van der Waals surface area contributed by atoms with Crippen molar-refractivity contribution in [3.63, 3.8) is 0 Å². The van der Waals surface area contributed by atoms with Gasteiger partial charge < -0.3 is 14.6 Å². The Hall–Kier alpha value is -2.67. The summed E-state index contributed by atoms with van der Waals surface area (Å²) in [5, 5.41) is 6.50. The second kappa shape index (κ2) is 8.56. The first-order valence-electron chi connectivity index (χ1n) is 9.52. The normalized spacial score (nSPS) is 17.4. The molecule has 3 rings (SSSR count). The molecule has 28 heavy (non-hydrogen) atoms. The lowest BCUT2D eigenvalue weighted by Gasteiger charge is -2.31. The number of nitrogens with zero attached hydrogens (tertiary/aromatic N) is 2. The SMILES string of the molecule is COc1c(C)cc(C(=O)C2CCCN(CC(=O)Nc3cc(C)on3)C2)cc1C. The van der Waals surface area contributed by atoms with E-state index < -0.39 is 0 Å². The zero-order chi connectivity index (χ0) is 20.3. The Kier molecular flexibility index (Phi) is 6.14. The molecule has 0 bridgehead atoms. The predicted molar refractivity (Wildman–Crippen MR) is 106 cm³/mol. The number of benzene rings is 1. The summed E-state index contributed by atoms with van der Waals surface area (Å²) in [5.74, 6) is 1.74. The maximum absolute atomic E-state index is 13.0. The van der Waals surface area contributed by atoms with Crippen LogP contribution in [0, 0.1) is 26.7 Å². The molecule has 1 aliphatic rings. The van der Waals surface area contributed by atoms with E-state index in [0.717, 1.165) is 36.3 Å². The lowest BCUT2D eigenvalue weighted by molar-refractivity contribution is -0.117. The van der Waals surface area contributed by atoms with Crippen molar-refractivity contribution in [1.82, 2.24) is 10.1 Å². The third-order valence-electron chi connectivity index (χ3n) is 5.09. The molecule has 2 heterocycles. The quantitative estimate of drug-likeness (QED) is 0.769. The number of carbonyl (C=O) groups excluding carboxylic acids is 2. The Bertz CT molecular complexity index is 851. The fraction of sp³-hybridized carbons (Fsp3) is 0.476. The highest BCUT2D eigenvalue weighted by Gasteiger charge is 2.28. The molecule has 1 aliphatic heterocycles. The molecule has 1 saturated heterocycles. The van der Waals surface area contributed by atoms with Crippen LogP contribution < -0.4 is 10.1 Å². The molecule has 7 nitrogen and oxygen atoms in total. The second-order valence-corrected chi connectivity index (χ2v) is 7.45. The number of aromatic nitrogens is 1. The Balaban J connectivity index is 1.62. The van der Waals surface area contributed by atoms with Crippen molar-refractivity contribution in [2.24, 2.45) is 5.92 Å². The number of nitrogens with one attached hydrogen (secondary N) is 1. The largest absolute Gasteiger partial charge is 0.496 e. The molecular weight excluding hydrogens is 358 g/mol. The average molecular weight is 385 g/mol. The van der Waals surface area contributed by atoms with Gasteiger partial charge in [0.1, 0.15) is 11.5 Å². The van der Waals surface area contributed by atoms with E-state index in [1.54, 1.807) is 20.1 Å². The van der Waals surface area contributed by atoms with Crippen LogP contribution in [0.25, 0.3) is 0 Å². The topological polar surface area (TPSA) is 84.7 Å². The molecule has 0 spiro atoms. The number of Topliss-reactive ketones (excluding diaryl/α,β-unsaturated/α-hetero) is 1. The highest BCUT2D eigenvalue weighted by atomic mass is 16.5. The third kappa shape index (κ3) is 4.59. The number of anilines is 1. The van der Waals surface area contributed by atoms with Gasteiger partial charge in [-0.1, -0.05) is 5.16 Å². The summed E-state index contributed by atoms with van der Waals surface area (Å²) in [7, 11) is 1.64. The first-order chi connectivity index (χ1) is 13.4. The monoisotopic (exact) mass is 385 g/mol. The molecule has 0 aliphatic carbocycles. The van der Waals surface area contributed by atoms with E-state index in [2.05, 4.69) is 10.5 Å². The minimum atomic E-state index is -0.155. The van der Waals surface area contributed by atoms with Gasteiger partial charge in [0.05, 0.1) is 13.7 Å². The number of hydrogen-bond acceptors (Lipinski definition) is 6. The van der Waals surface area contributed by atoms with Crippen molar-refractivity contribution >= 4 is 17.5 Å². The van der Waals surface area contributed by atoms with Gasteiger partial charge >= 0.3 is 0 Å². The van der Waals surface area contributed by atoms with E-state index in [4.69, 9.17) is 9.26 Å². The first kappa shape index (κ1) is 20.1. The van der Waals surface area contributed by atoms with Crippen molar-refractivity contribution in [1.29, 1.82) is 0 Å². The molecule has 1 aromatic heterocycles. The molecule has 150 valence electrons. The van der Waals surface area contributed by atoms with E-state index >= 15 is 0 Å². The van der Waals surface area contributed by atoms with Gasteiger partial charge in [0.25, 0.3) is 0 Å². The summed E-state index contributed by atoms with van der Waals surface area (Å²) >= 11 is 0. The molecule has 1 amide bonds. The summed E-state index contributed by atoms with van der Waals surface area (Å²) < 4.78 is 10.3. The van der Waals surface area contributed by atoms with Crippen LogP contribution in [-0.4, -0.2) is 48.5 Å². The fourth-order valence-electron chi connectivity index (χ4n) is 3.87. The lowest BCUT2D eigenvalue weighted by atomic mass is 9.88. The number of aryl methyl sites for hydroxylation is 3. The van der Waals surface area contributed by atoms with Crippen molar-refractivity contribution in [3.05, 3.63) is 40.6 Å². The van der Waals surface area contributed by atoms with Crippen molar-refractivity contribution in [2.45, 2.75) is 33.6 Å². The van der Waals surface area contributed by atoms with Crippen LogP contribution in [0.15, 0.2) is 22.7 Å². The highest BCUT2D eigenvalue weighted by Crippen LogP contribution is 2.27. The number of methoxy groups -OCH3 is 1. The van der Waals surface area contributed by atoms with Crippen LogP contribution in [0.4, 0.5) is 5.82 Å². The van der Waals surface area contributed by atoms with E-state index in [0.29, 0.717) is 23.7 Å². The summed E-state index contributed by atoms with van der Waals surface area (Å²) in [6.45, 7) is 7.28. The van der Waals surface area contributed by atoms with Crippen molar-refractivity contribution < 1.29 is 18.8 Å². The maximum Gasteiger partial charge on any atom is 0.239 e. The van der Waals surface area contributed by atoms with Gasteiger partial charge in [0, 0.05) is 24.1 Å². The Morgan fingerprint density at radius 2 is 1.96 bits per heavy atom. The van der Waals surface area contributed by atoms with Gasteiger partial charge in [-0.05, 0) is 63.4 Å². The standard InChI is InChI=1S/C21H27N3O4/c1-13-8-17(9-14(2)21(13)27-4)20(26)16-6-5-7-24(11-16)12-19(25)22-18-10-15(3)28-23-18/h8-10,16H,5-7,11-12H2,1-4H3,(H,22,23,25). The number of likely N-dealkylation sites (tertiary alicyclic amines) is 1. The minimum absolute atomic E-state index is 0.108. The van der Waals surface area contributed by atoms with Gasteiger partial charge in [-0.25, -0.2) is 0 Å². The summed E-state index contributed by atoms with van der Waals surface area (Å²) in [6.07, 6.45) is 1.73. The van der Waals surface area contributed by atoms with E-state index in [-0.39, 0.29) is 24.2 Å². The van der Waals surface area contributed by atoms with Crippen LogP contribution in [0.2, 0.25) is 0 Å². The molecule has 0 radical (unpaired) electrons. The Morgan fingerprint density at radius 1 is 1.25 bits per heavy atom. The van der Waals surface area contributed by atoms with Crippen LogP contribution in [-0.2, 0) is 4.79 Å². The fourth-order valence-corrected chi connectivity index (χ4v) is 3.87. The van der Waals surface area contributed by atoms with Gasteiger partial charge in [-0.2, -0.15) is 0 Å². The molecule has 1 fully saturated rings. The molecule has 0 saturated carbocycles. The molecule has 1 atom stereocenters. The van der Waals surface area contributed by atoms with Crippen LogP contribution >= 0.6 is 0 Å². The van der Waals surface area contributed by atoms with Crippen LogP contribution in [0.3, 0.4) is 0 Å². The summed E-state index contributed by atoms with van der Waals surface area (Å²) in [6, 6.07) is 5.47. The first-order valence-corrected chi connectivity index (χ1v) is 9.52. The third-order valence-corrected chi connectivity index (χ3v) is 5.09. The van der Waals surface area contributed by atoms with Gasteiger partial charge in [0.2, 0.25) is 5.91 Å². The van der Waals surface area contributed by atoms with E-state index in [1.807, 2.05) is 30.9 Å². The number of amides is 1. The molecule has 1 N–H and O–H groups in total. The Morgan fingerprint density at radius 3 is 2.57 bits per heavy atom. The number of ketones is 1. The summed E-state index contributed by atoms with van der Waals surface area (Å²) in [4.78, 5) is 27.3. The second-order valence-electron chi connectivity index (χ2n) is 7.45. The molecule has 1 unspecified atom stereocenters. The van der Waals surface area contributed by atoms with Crippen LogP contribution in [0.5, 0.6) is 5.75 Å². The number of ether oxygens (including phenoxy) is 1. The minimum Gasteiger partial charge on any atom is -0.496 e. The van der Waals surface area contributed by atoms with Crippen molar-refractivity contribution in [3.8, 4) is 5.75 Å². The molecule has 1 aromatic carbocycles. The maximum atomic E-state index is 13.0. The zero-order valence-electron chi connectivity index (χ0n) is 16.9. The smallest absolute Gasteiger partial charge is 0.239 e. The van der Waals surface area contributed by atoms with Gasteiger partial charge in [0.15, 0.2) is 11.6 Å². The van der Waals surface area contributed by atoms with E-state index in [1.165, 1.54) is 0 Å². The van der Waals surface area contributed by atoms with Gasteiger partial charge in [-0.15, -0.1) is 0 Å². The van der Waals surface area contributed by atoms with Crippen LogP contribution in [0.1, 0.15) is 40.1 Å². The van der Waals surface area contributed by atoms with E-state index in [9.17, 15) is 9.59 Å². The molecular formula is C21H27N3O4. The van der Waals surface area contributed by atoms with Crippen molar-refractivity contribution in [2.75, 3.05) is 32.1 Å². The number of carbonyl (C=O) groups is 2. The lowest BCUT2D eigenvalue weighted by Crippen LogP contribution is -2.42. The Labute approximate surface area is 165 Å². The molecule has 7 heteroatoms. The highest BCUT2D eigenvalue weighted by molar-refractivity contribution is 5.98. The van der Waals surface area contributed by atoms with Gasteiger partial charge in [-0.3, -0.25) is 14.5 Å². The number of rotatable bonds is 6. The number of piperidine rings is 1.